The number of pyridine rings is 1. The van der Waals surface area contributed by atoms with E-state index in [2.05, 4.69) is 10.3 Å². The molecule has 0 fully saturated rings. The molecule has 1 N–H and O–H groups in total. The predicted molar refractivity (Wildman–Crippen MR) is 83.5 cm³/mol. The first kappa shape index (κ1) is 16.0. The molecule has 0 atom stereocenters. The number of fused-ring (bicyclic) bond motifs is 1. The molecule has 0 bridgehead atoms. The molecule has 0 radical (unpaired) electrons. The molecule has 2 aromatic heterocycles. The lowest BCUT2D eigenvalue weighted by Gasteiger charge is -2.09. The second-order valence-electron chi connectivity index (χ2n) is 5.28. The Labute approximate surface area is 135 Å². The molecule has 24 heavy (non-hydrogen) atoms. The summed E-state index contributed by atoms with van der Waals surface area (Å²) >= 11 is 0. The first-order valence-electron chi connectivity index (χ1n) is 7.43. The Bertz CT molecular complexity index is 901. The Hall–Kier alpha value is -2.83. The van der Waals surface area contributed by atoms with Gasteiger partial charge in [0.25, 0.3) is 5.91 Å². The van der Waals surface area contributed by atoms with E-state index in [4.69, 9.17) is 0 Å². The average molecular weight is 333 g/mol. The highest BCUT2D eigenvalue weighted by atomic mass is 19.1. The van der Waals surface area contributed by atoms with E-state index >= 15 is 0 Å². The van der Waals surface area contributed by atoms with Gasteiger partial charge in [0.2, 0.25) is 0 Å². The number of aromatic nitrogens is 2. The van der Waals surface area contributed by atoms with Crippen LogP contribution in [-0.2, 0) is 6.42 Å². The van der Waals surface area contributed by atoms with Crippen LogP contribution in [0.25, 0.3) is 5.65 Å². The van der Waals surface area contributed by atoms with E-state index in [1.165, 1.54) is 22.6 Å². The van der Waals surface area contributed by atoms with Crippen LogP contribution in [-0.4, -0.2) is 15.3 Å². The van der Waals surface area contributed by atoms with Crippen LogP contribution in [0.2, 0.25) is 0 Å². The van der Waals surface area contributed by atoms with Gasteiger partial charge in [-0.1, -0.05) is 19.4 Å². The number of amides is 1. The maximum atomic E-state index is 13.7. The standard InChI is InChI=1S/C17H14F3N3O/c1-2-4-13-16(23-9-10(18)7-8-14(23)21-13)17(24)22-15-11(19)5-3-6-12(15)20/h3,5-9H,2,4H2,1H3,(H,22,24). The minimum absolute atomic E-state index is 0.0639. The number of aryl methyl sites for hydroxylation is 1. The molecule has 3 aromatic rings. The molecule has 124 valence electrons. The highest BCUT2D eigenvalue weighted by Crippen LogP contribution is 2.21. The van der Waals surface area contributed by atoms with Crippen molar-refractivity contribution in [2.75, 3.05) is 5.32 Å². The van der Waals surface area contributed by atoms with Crippen LogP contribution >= 0.6 is 0 Å². The third-order valence-electron chi connectivity index (χ3n) is 3.56. The highest BCUT2D eigenvalue weighted by Gasteiger charge is 2.21. The number of para-hydroxylation sites is 1. The number of carbonyl (C=O) groups excluding carboxylic acids is 1. The molecule has 1 aromatic carbocycles. The molecule has 3 rings (SSSR count). The minimum atomic E-state index is -0.889. The van der Waals surface area contributed by atoms with Gasteiger partial charge in [-0.3, -0.25) is 9.20 Å². The summed E-state index contributed by atoms with van der Waals surface area (Å²) in [6.07, 6.45) is 2.31. The van der Waals surface area contributed by atoms with Crippen molar-refractivity contribution in [3.8, 4) is 0 Å². The van der Waals surface area contributed by atoms with Crippen LogP contribution in [0.4, 0.5) is 18.9 Å². The lowest BCUT2D eigenvalue weighted by Crippen LogP contribution is -2.18. The number of halogens is 3. The smallest absolute Gasteiger partial charge is 0.274 e. The quantitative estimate of drug-likeness (QED) is 0.786. The molecule has 0 aliphatic rings. The lowest BCUT2D eigenvalue weighted by molar-refractivity contribution is 0.101. The molecule has 0 unspecified atom stereocenters. The van der Waals surface area contributed by atoms with Gasteiger partial charge >= 0.3 is 0 Å². The SMILES string of the molecule is CCCc1nc2ccc(F)cn2c1C(=O)Nc1c(F)cccc1F. The van der Waals surface area contributed by atoms with E-state index in [0.717, 1.165) is 18.3 Å². The Kier molecular flexibility index (Phi) is 4.24. The molecular weight excluding hydrogens is 319 g/mol. The molecule has 0 spiro atoms. The number of hydrogen-bond acceptors (Lipinski definition) is 2. The number of rotatable bonds is 4. The minimum Gasteiger partial charge on any atom is -0.316 e. The summed E-state index contributed by atoms with van der Waals surface area (Å²) in [7, 11) is 0. The first-order chi connectivity index (χ1) is 11.5. The van der Waals surface area contributed by atoms with Crippen LogP contribution in [0.15, 0.2) is 36.5 Å². The Morgan fingerprint density at radius 3 is 2.54 bits per heavy atom. The zero-order valence-corrected chi connectivity index (χ0v) is 12.8. The third kappa shape index (κ3) is 2.84. The number of imidazole rings is 1. The lowest BCUT2D eigenvalue weighted by atomic mass is 10.2. The van der Waals surface area contributed by atoms with E-state index in [0.29, 0.717) is 24.2 Å². The largest absolute Gasteiger partial charge is 0.316 e. The number of nitrogens with zero attached hydrogens (tertiary/aromatic N) is 2. The van der Waals surface area contributed by atoms with Crippen LogP contribution < -0.4 is 5.32 Å². The van der Waals surface area contributed by atoms with E-state index in [-0.39, 0.29) is 5.69 Å². The van der Waals surface area contributed by atoms with E-state index < -0.39 is 29.0 Å². The summed E-state index contributed by atoms with van der Waals surface area (Å²) in [5, 5.41) is 2.22. The van der Waals surface area contributed by atoms with Gasteiger partial charge in [-0.2, -0.15) is 0 Å². The number of anilines is 1. The van der Waals surface area contributed by atoms with Gasteiger partial charge in [-0.15, -0.1) is 0 Å². The third-order valence-corrected chi connectivity index (χ3v) is 3.56. The van der Waals surface area contributed by atoms with Crippen LogP contribution in [0.1, 0.15) is 29.5 Å². The predicted octanol–water partition coefficient (Wildman–Crippen LogP) is 3.96. The van der Waals surface area contributed by atoms with Gasteiger partial charge in [0, 0.05) is 6.20 Å². The molecular formula is C17H14F3N3O. The normalized spacial score (nSPS) is 11.0. The summed E-state index contributed by atoms with van der Waals surface area (Å²) < 4.78 is 42.3. The second kappa shape index (κ2) is 6.35. The number of carbonyl (C=O) groups is 1. The van der Waals surface area contributed by atoms with E-state index in [9.17, 15) is 18.0 Å². The van der Waals surface area contributed by atoms with Gasteiger partial charge in [-0.25, -0.2) is 18.2 Å². The Morgan fingerprint density at radius 2 is 1.88 bits per heavy atom. The van der Waals surface area contributed by atoms with Crippen molar-refractivity contribution >= 4 is 17.2 Å². The van der Waals surface area contributed by atoms with Crippen LogP contribution in [0.5, 0.6) is 0 Å². The zero-order chi connectivity index (χ0) is 17.3. The number of benzene rings is 1. The Morgan fingerprint density at radius 1 is 1.17 bits per heavy atom. The fourth-order valence-corrected chi connectivity index (χ4v) is 2.51. The zero-order valence-electron chi connectivity index (χ0n) is 12.8. The molecule has 7 heteroatoms. The second-order valence-corrected chi connectivity index (χ2v) is 5.28. The van der Waals surface area contributed by atoms with Gasteiger partial charge in [0.15, 0.2) is 0 Å². The first-order valence-corrected chi connectivity index (χ1v) is 7.43. The van der Waals surface area contributed by atoms with Crippen molar-refractivity contribution in [1.29, 1.82) is 0 Å². The Balaban J connectivity index is 2.08. The monoisotopic (exact) mass is 333 g/mol. The summed E-state index contributed by atoms with van der Waals surface area (Å²) in [6, 6.07) is 5.96. The average Bonchev–Trinajstić information content (AvgIpc) is 2.88. The maximum absolute atomic E-state index is 13.7. The van der Waals surface area contributed by atoms with Crippen molar-refractivity contribution in [2.24, 2.45) is 0 Å². The van der Waals surface area contributed by atoms with E-state index in [1.807, 2.05) is 6.92 Å². The van der Waals surface area contributed by atoms with Gasteiger partial charge in [0.05, 0.1) is 5.69 Å². The van der Waals surface area contributed by atoms with Crippen molar-refractivity contribution < 1.29 is 18.0 Å². The topological polar surface area (TPSA) is 46.4 Å². The van der Waals surface area contributed by atoms with Gasteiger partial charge in [-0.05, 0) is 30.7 Å². The summed E-state index contributed by atoms with van der Waals surface area (Å²) in [6.45, 7) is 1.91. The molecule has 0 saturated carbocycles. The number of nitrogens with one attached hydrogen (secondary N) is 1. The molecule has 0 aliphatic heterocycles. The fraction of sp³-hybridized carbons (Fsp3) is 0.176. The van der Waals surface area contributed by atoms with Crippen molar-refractivity contribution in [3.63, 3.8) is 0 Å². The van der Waals surface area contributed by atoms with Gasteiger partial charge < -0.3 is 5.32 Å². The van der Waals surface area contributed by atoms with E-state index in [1.54, 1.807) is 0 Å². The molecule has 4 nitrogen and oxygen atoms in total. The fourth-order valence-electron chi connectivity index (χ4n) is 2.51. The van der Waals surface area contributed by atoms with Crippen molar-refractivity contribution in [1.82, 2.24) is 9.38 Å². The van der Waals surface area contributed by atoms with Gasteiger partial charge in [0.1, 0.15) is 34.5 Å². The van der Waals surface area contributed by atoms with Crippen LogP contribution in [0, 0.1) is 17.5 Å². The summed E-state index contributed by atoms with van der Waals surface area (Å²) in [5.74, 6) is -3.07. The number of hydrogen-bond donors (Lipinski definition) is 1. The van der Waals surface area contributed by atoms with Crippen LogP contribution in [0.3, 0.4) is 0 Å². The molecule has 0 aliphatic carbocycles. The highest BCUT2D eigenvalue weighted by molar-refractivity contribution is 6.04. The summed E-state index contributed by atoms with van der Waals surface area (Å²) in [4.78, 5) is 16.9. The van der Waals surface area contributed by atoms with Crippen molar-refractivity contribution in [2.45, 2.75) is 19.8 Å². The molecule has 1 amide bonds. The summed E-state index contributed by atoms with van der Waals surface area (Å²) in [5.41, 5.74) is 0.349. The molecule has 2 heterocycles. The molecule has 0 saturated heterocycles. The van der Waals surface area contributed by atoms with Crippen molar-refractivity contribution in [3.05, 3.63) is 65.4 Å². The maximum Gasteiger partial charge on any atom is 0.274 e.